The first kappa shape index (κ1) is 21.3. The van der Waals surface area contributed by atoms with E-state index in [1.54, 1.807) is 19.2 Å². The van der Waals surface area contributed by atoms with E-state index in [-0.39, 0.29) is 29.5 Å². The van der Waals surface area contributed by atoms with E-state index >= 15 is 0 Å². The molecule has 0 spiro atoms. The Morgan fingerprint density at radius 3 is 2.57 bits per heavy atom. The van der Waals surface area contributed by atoms with Gasteiger partial charge in [0.05, 0.1) is 9.82 Å². The zero-order valence-electron chi connectivity index (χ0n) is 15.1. The average molecular weight is 409 g/mol. The Bertz CT molecular complexity index is 966. The quantitative estimate of drug-likeness (QED) is 0.199. The molecule has 0 bridgehead atoms. The maximum absolute atomic E-state index is 13.2. The van der Waals surface area contributed by atoms with Crippen LogP contribution in [0.3, 0.4) is 0 Å². The summed E-state index contributed by atoms with van der Waals surface area (Å²) in [5.41, 5.74) is 0.428. The molecule has 0 radical (unpaired) electrons. The minimum atomic E-state index is -3.88. The van der Waals surface area contributed by atoms with Crippen molar-refractivity contribution in [2.45, 2.75) is 11.4 Å². The van der Waals surface area contributed by atoms with Gasteiger partial charge in [0, 0.05) is 38.8 Å². The third-order valence-electron chi connectivity index (χ3n) is 3.62. The molecule has 0 amide bonds. The smallest absolute Gasteiger partial charge is 0.270 e. The first-order chi connectivity index (χ1) is 13.3. The number of guanidine groups is 1. The van der Waals surface area contributed by atoms with E-state index in [0.29, 0.717) is 12.5 Å². The van der Waals surface area contributed by atoms with Gasteiger partial charge >= 0.3 is 0 Å². The Labute approximate surface area is 161 Å². The van der Waals surface area contributed by atoms with Crippen LogP contribution in [0.1, 0.15) is 5.56 Å². The maximum Gasteiger partial charge on any atom is 0.270 e. The molecular weight excluding hydrogens is 389 g/mol. The summed E-state index contributed by atoms with van der Waals surface area (Å²) in [5.74, 6) is 0.0802. The molecule has 0 aromatic heterocycles. The molecule has 0 saturated carbocycles. The molecule has 2 aromatic rings. The first-order valence-electron chi connectivity index (χ1n) is 8.25. The van der Waals surface area contributed by atoms with Gasteiger partial charge < -0.3 is 10.6 Å². The van der Waals surface area contributed by atoms with Crippen LogP contribution in [0.15, 0.2) is 58.4 Å². The van der Waals surface area contributed by atoms with E-state index in [4.69, 9.17) is 0 Å². The van der Waals surface area contributed by atoms with Crippen LogP contribution in [0.5, 0.6) is 0 Å². The molecule has 0 atom stereocenters. The SMILES string of the molecule is CN=C(NCCNS(=O)(=O)c1cccc([N+](=O)[O-])c1)NCc1cccc(F)c1. The molecule has 0 aliphatic heterocycles. The van der Waals surface area contributed by atoms with Crippen molar-refractivity contribution in [3.8, 4) is 0 Å². The van der Waals surface area contributed by atoms with Crippen molar-refractivity contribution < 1.29 is 17.7 Å². The van der Waals surface area contributed by atoms with Crippen molar-refractivity contribution in [1.82, 2.24) is 15.4 Å². The van der Waals surface area contributed by atoms with Crippen LogP contribution in [0.4, 0.5) is 10.1 Å². The van der Waals surface area contributed by atoms with Gasteiger partial charge in [0.2, 0.25) is 10.0 Å². The molecule has 2 aromatic carbocycles. The molecule has 9 nitrogen and oxygen atoms in total. The van der Waals surface area contributed by atoms with E-state index < -0.39 is 14.9 Å². The zero-order valence-corrected chi connectivity index (χ0v) is 15.9. The van der Waals surface area contributed by atoms with Crippen molar-refractivity contribution in [2.75, 3.05) is 20.1 Å². The lowest BCUT2D eigenvalue weighted by Gasteiger charge is -2.12. The van der Waals surface area contributed by atoms with Crippen LogP contribution >= 0.6 is 0 Å². The fraction of sp³-hybridized carbons (Fsp3) is 0.235. The molecule has 0 fully saturated rings. The Morgan fingerprint density at radius 2 is 1.89 bits per heavy atom. The number of non-ortho nitro benzene ring substituents is 1. The fourth-order valence-corrected chi connectivity index (χ4v) is 3.34. The van der Waals surface area contributed by atoms with Crippen molar-refractivity contribution >= 4 is 21.7 Å². The number of sulfonamides is 1. The molecule has 0 heterocycles. The topological polar surface area (TPSA) is 126 Å². The Kier molecular flexibility index (Phi) is 7.41. The van der Waals surface area contributed by atoms with Crippen LogP contribution in [-0.4, -0.2) is 39.4 Å². The minimum absolute atomic E-state index is 0.0334. The maximum atomic E-state index is 13.2. The standard InChI is InChI=1S/C17H20FN5O4S/c1-19-17(21-12-13-4-2-5-14(18)10-13)20-8-9-22-28(26,27)16-7-3-6-15(11-16)23(24)25/h2-7,10-11,22H,8-9,12H2,1H3,(H2,19,20,21). The normalized spacial score (nSPS) is 11.9. The number of hydrogen-bond acceptors (Lipinski definition) is 5. The third-order valence-corrected chi connectivity index (χ3v) is 5.08. The summed E-state index contributed by atoms with van der Waals surface area (Å²) in [7, 11) is -2.33. The van der Waals surface area contributed by atoms with Crippen LogP contribution in [0.2, 0.25) is 0 Å². The Morgan fingerprint density at radius 1 is 1.14 bits per heavy atom. The lowest BCUT2D eigenvalue weighted by Crippen LogP contribution is -2.41. The number of nitro groups is 1. The summed E-state index contributed by atoms with van der Waals surface area (Å²) in [6, 6.07) is 10.9. The highest BCUT2D eigenvalue weighted by atomic mass is 32.2. The van der Waals surface area contributed by atoms with Gasteiger partial charge in [0.1, 0.15) is 5.82 Å². The fourth-order valence-electron chi connectivity index (χ4n) is 2.27. The number of hydrogen-bond donors (Lipinski definition) is 3. The van der Waals surface area contributed by atoms with Crippen molar-refractivity contribution in [3.63, 3.8) is 0 Å². The van der Waals surface area contributed by atoms with Gasteiger partial charge in [0.15, 0.2) is 5.96 Å². The Hall–Kier alpha value is -3.05. The van der Waals surface area contributed by atoms with Crippen LogP contribution in [0, 0.1) is 15.9 Å². The second-order valence-corrected chi connectivity index (χ2v) is 7.40. The van der Waals surface area contributed by atoms with Gasteiger partial charge in [0.25, 0.3) is 5.69 Å². The second kappa shape index (κ2) is 9.76. The number of rotatable bonds is 8. The molecule has 28 heavy (non-hydrogen) atoms. The average Bonchev–Trinajstić information content (AvgIpc) is 2.67. The van der Waals surface area contributed by atoms with Crippen molar-refractivity contribution in [3.05, 3.63) is 70.0 Å². The number of benzene rings is 2. The van der Waals surface area contributed by atoms with Crippen LogP contribution in [-0.2, 0) is 16.6 Å². The molecule has 11 heteroatoms. The van der Waals surface area contributed by atoms with Gasteiger partial charge in [-0.15, -0.1) is 0 Å². The summed E-state index contributed by atoms with van der Waals surface area (Å²) < 4.78 is 40.0. The lowest BCUT2D eigenvalue weighted by molar-refractivity contribution is -0.385. The molecule has 0 aliphatic carbocycles. The van der Waals surface area contributed by atoms with Crippen molar-refractivity contribution in [1.29, 1.82) is 0 Å². The predicted octanol–water partition coefficient (Wildman–Crippen LogP) is 1.38. The molecule has 0 aliphatic rings. The van der Waals surface area contributed by atoms with E-state index in [2.05, 4.69) is 20.3 Å². The summed E-state index contributed by atoms with van der Waals surface area (Å²) in [6.45, 7) is 0.597. The molecule has 3 N–H and O–H groups in total. The number of nitro benzene ring substituents is 1. The highest BCUT2D eigenvalue weighted by molar-refractivity contribution is 7.89. The Balaban J connectivity index is 1.83. The van der Waals surface area contributed by atoms with Gasteiger partial charge in [-0.25, -0.2) is 17.5 Å². The molecular formula is C17H20FN5O4S. The molecule has 0 saturated heterocycles. The van der Waals surface area contributed by atoms with Crippen LogP contribution in [0.25, 0.3) is 0 Å². The summed E-state index contributed by atoms with van der Waals surface area (Å²) in [4.78, 5) is 13.9. The van der Waals surface area contributed by atoms with E-state index in [1.165, 1.54) is 30.3 Å². The summed E-state index contributed by atoms with van der Waals surface area (Å²) >= 11 is 0. The lowest BCUT2D eigenvalue weighted by atomic mass is 10.2. The summed E-state index contributed by atoms with van der Waals surface area (Å²) in [5, 5.41) is 16.7. The molecule has 150 valence electrons. The first-order valence-corrected chi connectivity index (χ1v) is 9.73. The van der Waals surface area contributed by atoms with Crippen molar-refractivity contribution in [2.24, 2.45) is 4.99 Å². The van der Waals surface area contributed by atoms with E-state index in [0.717, 1.165) is 11.6 Å². The van der Waals surface area contributed by atoms with Crippen LogP contribution < -0.4 is 15.4 Å². The van der Waals surface area contributed by atoms with E-state index in [9.17, 15) is 22.9 Å². The monoisotopic (exact) mass is 409 g/mol. The highest BCUT2D eigenvalue weighted by Gasteiger charge is 2.17. The highest BCUT2D eigenvalue weighted by Crippen LogP contribution is 2.16. The number of halogens is 1. The van der Waals surface area contributed by atoms with Gasteiger partial charge in [-0.3, -0.25) is 15.1 Å². The van der Waals surface area contributed by atoms with Gasteiger partial charge in [-0.2, -0.15) is 0 Å². The number of aliphatic imine (C=N–C) groups is 1. The zero-order chi connectivity index (χ0) is 20.6. The predicted molar refractivity (Wildman–Crippen MR) is 103 cm³/mol. The van der Waals surface area contributed by atoms with Gasteiger partial charge in [-0.1, -0.05) is 18.2 Å². The largest absolute Gasteiger partial charge is 0.355 e. The summed E-state index contributed by atoms with van der Waals surface area (Å²) in [6.07, 6.45) is 0. The second-order valence-electron chi connectivity index (χ2n) is 5.63. The number of nitrogens with one attached hydrogen (secondary N) is 3. The van der Waals surface area contributed by atoms with Gasteiger partial charge in [-0.05, 0) is 23.8 Å². The molecule has 2 rings (SSSR count). The minimum Gasteiger partial charge on any atom is -0.355 e. The van der Waals surface area contributed by atoms with E-state index in [1.807, 2.05) is 0 Å². The third kappa shape index (κ3) is 6.28. The number of nitrogens with zero attached hydrogens (tertiary/aromatic N) is 2. The molecule has 0 unspecified atom stereocenters.